The summed E-state index contributed by atoms with van der Waals surface area (Å²) >= 11 is 6.24. The van der Waals surface area contributed by atoms with E-state index in [4.69, 9.17) is 16.3 Å². The van der Waals surface area contributed by atoms with Crippen molar-refractivity contribution >= 4 is 39.1 Å². The number of carbonyl (C=O) groups excluding carboxylic acids is 2. The van der Waals surface area contributed by atoms with Crippen LogP contribution >= 0.6 is 11.6 Å². The molecule has 0 spiro atoms. The van der Waals surface area contributed by atoms with E-state index in [0.29, 0.717) is 17.2 Å². The van der Waals surface area contributed by atoms with Crippen LogP contribution in [0, 0.1) is 6.92 Å². The number of nitrogens with zero attached hydrogens (tertiary/aromatic N) is 2. The van der Waals surface area contributed by atoms with Crippen molar-refractivity contribution in [2.45, 2.75) is 64.1 Å². The molecule has 2 amide bonds. The van der Waals surface area contributed by atoms with Crippen LogP contribution < -0.4 is 14.4 Å². The van der Waals surface area contributed by atoms with Gasteiger partial charge in [-0.1, -0.05) is 54.4 Å². The lowest BCUT2D eigenvalue weighted by atomic mass is 10.1. The molecule has 1 N–H and O–H groups in total. The van der Waals surface area contributed by atoms with E-state index in [1.54, 1.807) is 55.6 Å². The highest BCUT2D eigenvalue weighted by atomic mass is 35.5. The highest BCUT2D eigenvalue weighted by Gasteiger charge is 2.34. The molecule has 0 aliphatic carbocycles. The smallest absolute Gasteiger partial charge is 0.264 e. The third-order valence-electron chi connectivity index (χ3n) is 6.36. The number of aryl methyl sites for hydroxylation is 1. The summed E-state index contributed by atoms with van der Waals surface area (Å²) in [7, 11) is -2.63. The quantitative estimate of drug-likeness (QED) is 0.311. The predicted octanol–water partition coefficient (Wildman–Crippen LogP) is 5.57. The minimum Gasteiger partial charge on any atom is -0.497 e. The molecule has 1 atom stereocenters. The molecular weight excluding hydrogens is 562 g/mol. The second kappa shape index (κ2) is 13.4. The summed E-state index contributed by atoms with van der Waals surface area (Å²) < 4.78 is 34.3. The van der Waals surface area contributed by atoms with E-state index >= 15 is 0 Å². The van der Waals surface area contributed by atoms with Crippen molar-refractivity contribution in [2.24, 2.45) is 0 Å². The Morgan fingerprint density at radius 2 is 1.66 bits per heavy atom. The molecule has 10 heteroatoms. The number of carbonyl (C=O) groups is 2. The van der Waals surface area contributed by atoms with Crippen LogP contribution in [0.25, 0.3) is 0 Å². The van der Waals surface area contributed by atoms with Gasteiger partial charge in [0, 0.05) is 17.1 Å². The summed E-state index contributed by atoms with van der Waals surface area (Å²) in [5.41, 5.74) is 1.33. The number of anilines is 1. The molecule has 3 aromatic rings. The lowest BCUT2D eigenvalue weighted by Crippen LogP contribution is -2.55. The zero-order valence-electron chi connectivity index (χ0n) is 24.3. The summed E-state index contributed by atoms with van der Waals surface area (Å²) in [5, 5.41) is 3.28. The summed E-state index contributed by atoms with van der Waals surface area (Å²) in [5.74, 6) is -0.268. The van der Waals surface area contributed by atoms with Crippen molar-refractivity contribution in [3.05, 3.63) is 88.9 Å². The average molecular weight is 600 g/mol. The van der Waals surface area contributed by atoms with E-state index in [1.807, 2.05) is 40.7 Å². The Bertz CT molecular complexity index is 1470. The number of hydrogen-bond acceptors (Lipinski definition) is 5. The van der Waals surface area contributed by atoms with Gasteiger partial charge in [0.25, 0.3) is 10.0 Å². The van der Waals surface area contributed by atoms with E-state index < -0.39 is 34.1 Å². The van der Waals surface area contributed by atoms with Crippen LogP contribution in [-0.4, -0.2) is 50.4 Å². The molecule has 41 heavy (non-hydrogen) atoms. The maximum absolute atomic E-state index is 14.1. The fourth-order valence-corrected chi connectivity index (χ4v) is 5.93. The van der Waals surface area contributed by atoms with Gasteiger partial charge in [-0.25, -0.2) is 8.42 Å². The van der Waals surface area contributed by atoms with Crippen LogP contribution in [0.15, 0.2) is 77.7 Å². The Hall–Kier alpha value is -3.56. The lowest BCUT2D eigenvalue weighted by molar-refractivity contribution is -0.141. The van der Waals surface area contributed by atoms with Crippen LogP contribution in [0.2, 0.25) is 5.02 Å². The maximum atomic E-state index is 14.1. The first-order chi connectivity index (χ1) is 19.2. The molecule has 3 aromatic carbocycles. The van der Waals surface area contributed by atoms with Gasteiger partial charge in [-0.2, -0.15) is 0 Å². The highest BCUT2D eigenvalue weighted by molar-refractivity contribution is 7.92. The van der Waals surface area contributed by atoms with E-state index in [9.17, 15) is 18.0 Å². The van der Waals surface area contributed by atoms with E-state index in [2.05, 4.69) is 5.32 Å². The molecular formula is C31H38ClN3O5S. The molecule has 0 aromatic heterocycles. The average Bonchev–Trinajstić information content (AvgIpc) is 2.90. The van der Waals surface area contributed by atoms with Gasteiger partial charge in [-0.05, 0) is 82.1 Å². The Balaban J connectivity index is 2.08. The Kier molecular flexibility index (Phi) is 10.4. The molecule has 0 radical (unpaired) electrons. The number of halogens is 1. The second-order valence-corrected chi connectivity index (χ2v) is 13.1. The fraction of sp³-hybridized carbons (Fsp3) is 0.355. The van der Waals surface area contributed by atoms with Crippen molar-refractivity contribution in [3.63, 3.8) is 0 Å². The zero-order chi connectivity index (χ0) is 30.4. The standard InChI is InChI=1S/C31H38ClN3O5S/c1-7-28(30(37)33-31(3,4)5)34(20-23-10-8-13-26(18-23)40-6)29(36)21-35(25-12-9-11-24(32)19-25)41(38,39)27-16-14-22(2)15-17-27/h8-19,28H,7,20-21H2,1-6H3,(H,33,37)/t28-/m1/s1. The first-order valence-corrected chi connectivity index (χ1v) is 15.2. The number of methoxy groups -OCH3 is 1. The molecule has 0 heterocycles. The van der Waals surface area contributed by atoms with Gasteiger partial charge >= 0.3 is 0 Å². The first kappa shape index (κ1) is 32.0. The van der Waals surface area contributed by atoms with Crippen LogP contribution in [0.1, 0.15) is 45.2 Å². The van der Waals surface area contributed by atoms with Crippen molar-refractivity contribution in [3.8, 4) is 5.75 Å². The maximum Gasteiger partial charge on any atom is 0.264 e. The molecule has 0 aliphatic heterocycles. The number of nitrogens with one attached hydrogen (secondary N) is 1. The lowest BCUT2D eigenvalue weighted by Gasteiger charge is -2.34. The number of ether oxygens (including phenoxy) is 1. The topological polar surface area (TPSA) is 96.0 Å². The number of sulfonamides is 1. The number of hydrogen-bond donors (Lipinski definition) is 1. The third kappa shape index (κ3) is 8.47. The zero-order valence-corrected chi connectivity index (χ0v) is 25.9. The van der Waals surface area contributed by atoms with Gasteiger partial charge < -0.3 is 15.0 Å². The van der Waals surface area contributed by atoms with Crippen LogP contribution in [0.4, 0.5) is 5.69 Å². The van der Waals surface area contributed by atoms with Crippen molar-refractivity contribution in [1.29, 1.82) is 0 Å². The minimum atomic E-state index is -4.17. The summed E-state index contributed by atoms with van der Waals surface area (Å²) in [6.07, 6.45) is 0.319. The molecule has 8 nitrogen and oxygen atoms in total. The summed E-state index contributed by atoms with van der Waals surface area (Å²) in [6.45, 7) is 8.79. The molecule has 0 saturated carbocycles. The number of benzene rings is 3. The van der Waals surface area contributed by atoms with Crippen LogP contribution in [0.5, 0.6) is 5.75 Å². The van der Waals surface area contributed by atoms with E-state index in [0.717, 1.165) is 15.4 Å². The van der Waals surface area contributed by atoms with Crippen molar-refractivity contribution in [1.82, 2.24) is 10.2 Å². The van der Waals surface area contributed by atoms with Gasteiger partial charge in [-0.15, -0.1) is 0 Å². The minimum absolute atomic E-state index is 0.0349. The molecule has 0 aliphatic rings. The van der Waals surface area contributed by atoms with E-state index in [1.165, 1.54) is 23.1 Å². The van der Waals surface area contributed by atoms with E-state index in [-0.39, 0.29) is 23.0 Å². The fourth-order valence-electron chi connectivity index (χ4n) is 4.34. The number of rotatable bonds is 11. The van der Waals surface area contributed by atoms with Gasteiger partial charge in [0.1, 0.15) is 18.3 Å². The van der Waals surface area contributed by atoms with Crippen molar-refractivity contribution < 1.29 is 22.7 Å². The Morgan fingerprint density at radius 1 is 1.00 bits per heavy atom. The normalized spacial score (nSPS) is 12.4. The van der Waals surface area contributed by atoms with Crippen molar-refractivity contribution in [2.75, 3.05) is 18.0 Å². The van der Waals surface area contributed by atoms with Crippen LogP contribution in [-0.2, 0) is 26.2 Å². The van der Waals surface area contributed by atoms with Gasteiger partial charge in [-0.3, -0.25) is 13.9 Å². The molecule has 0 bridgehead atoms. The second-order valence-electron chi connectivity index (χ2n) is 10.8. The largest absolute Gasteiger partial charge is 0.497 e. The molecule has 0 unspecified atom stereocenters. The monoisotopic (exact) mass is 599 g/mol. The predicted molar refractivity (Wildman–Crippen MR) is 163 cm³/mol. The Morgan fingerprint density at radius 3 is 2.24 bits per heavy atom. The molecule has 0 fully saturated rings. The molecule has 3 rings (SSSR count). The highest BCUT2D eigenvalue weighted by Crippen LogP contribution is 2.27. The van der Waals surface area contributed by atoms with Gasteiger partial charge in [0.2, 0.25) is 11.8 Å². The third-order valence-corrected chi connectivity index (χ3v) is 8.38. The Labute approximate surface area is 248 Å². The first-order valence-electron chi connectivity index (χ1n) is 13.3. The van der Waals surface area contributed by atoms with Gasteiger partial charge in [0.05, 0.1) is 17.7 Å². The molecule has 220 valence electrons. The SMILES string of the molecule is CC[C@H](C(=O)NC(C)(C)C)N(Cc1cccc(OC)c1)C(=O)CN(c1cccc(Cl)c1)S(=O)(=O)c1ccc(C)cc1. The molecule has 0 saturated heterocycles. The summed E-state index contributed by atoms with van der Waals surface area (Å²) in [6, 6.07) is 19.1. The van der Waals surface area contributed by atoms with Gasteiger partial charge in [0.15, 0.2) is 0 Å². The summed E-state index contributed by atoms with van der Waals surface area (Å²) in [4.78, 5) is 29.0. The van der Waals surface area contributed by atoms with Crippen LogP contribution in [0.3, 0.4) is 0 Å². The number of amides is 2.